The van der Waals surface area contributed by atoms with E-state index in [-0.39, 0.29) is 12.6 Å². The Morgan fingerprint density at radius 1 is 1.19 bits per heavy atom. The maximum absolute atomic E-state index is 10.5. The molecule has 4 heteroatoms. The summed E-state index contributed by atoms with van der Waals surface area (Å²) in [5.41, 5.74) is 0.799. The van der Waals surface area contributed by atoms with E-state index in [0.29, 0.717) is 11.1 Å². The molecule has 0 aromatic heterocycles. The summed E-state index contributed by atoms with van der Waals surface area (Å²) < 4.78 is 8.75. The van der Waals surface area contributed by atoms with Crippen LogP contribution in [0.25, 0.3) is 0 Å². The van der Waals surface area contributed by atoms with Gasteiger partial charge in [-0.25, -0.2) is 9.59 Å². The van der Waals surface area contributed by atoms with Gasteiger partial charge >= 0.3 is 11.9 Å². The first-order valence-corrected chi connectivity index (χ1v) is 4.36. The van der Waals surface area contributed by atoms with Gasteiger partial charge in [-0.05, 0) is 13.8 Å². The molecule has 0 saturated heterocycles. The van der Waals surface area contributed by atoms with Gasteiger partial charge in [0.1, 0.15) is 0 Å². The predicted molar refractivity (Wildman–Crippen MR) is 61.4 cm³/mol. The third-order valence-corrected chi connectivity index (χ3v) is 1.17. The van der Waals surface area contributed by atoms with Crippen molar-refractivity contribution >= 4 is 11.9 Å². The summed E-state index contributed by atoms with van der Waals surface area (Å²) in [6.45, 7) is 9.91. The lowest BCUT2D eigenvalue weighted by atomic mass is 10.4. The Hall–Kier alpha value is -2.02. The Morgan fingerprint density at radius 3 is 1.81 bits per heavy atom. The minimum Gasteiger partial charge on any atom is -0.466 e. The molecule has 0 radical (unpaired) electrons. The van der Waals surface area contributed by atoms with Crippen molar-refractivity contribution in [3.05, 3.63) is 24.3 Å². The number of carbonyl (C=O) groups excluding carboxylic acids is 2. The van der Waals surface area contributed by atoms with Crippen LogP contribution in [0.1, 0.15) is 13.8 Å². The van der Waals surface area contributed by atoms with Crippen LogP contribution in [0.4, 0.5) is 0 Å². The van der Waals surface area contributed by atoms with E-state index in [4.69, 9.17) is 6.42 Å². The lowest BCUT2D eigenvalue weighted by Crippen LogP contribution is -2.04. The molecule has 88 valence electrons. The van der Waals surface area contributed by atoms with Gasteiger partial charge in [0.15, 0.2) is 6.61 Å². The highest BCUT2D eigenvalue weighted by molar-refractivity contribution is 5.87. The van der Waals surface area contributed by atoms with Gasteiger partial charge < -0.3 is 9.47 Å². The third kappa shape index (κ3) is 10.1. The Kier molecular flexibility index (Phi) is 9.78. The molecular formula is C12H16O4. The van der Waals surface area contributed by atoms with E-state index in [0.717, 1.165) is 0 Å². The zero-order valence-electron chi connectivity index (χ0n) is 9.83. The number of hydrogen-bond acceptors (Lipinski definition) is 4. The summed E-state index contributed by atoms with van der Waals surface area (Å²) >= 11 is 0. The van der Waals surface area contributed by atoms with Crippen LogP contribution in [0.2, 0.25) is 0 Å². The van der Waals surface area contributed by atoms with E-state index in [2.05, 4.69) is 28.6 Å². The van der Waals surface area contributed by atoms with Crippen LogP contribution in [0.3, 0.4) is 0 Å². The van der Waals surface area contributed by atoms with Crippen molar-refractivity contribution in [1.29, 1.82) is 0 Å². The summed E-state index contributed by atoms with van der Waals surface area (Å²) in [6.07, 6.45) is 4.82. The molecule has 0 heterocycles. The Balaban J connectivity index is 0. The van der Waals surface area contributed by atoms with E-state index in [9.17, 15) is 9.59 Å². The van der Waals surface area contributed by atoms with Crippen molar-refractivity contribution in [2.24, 2.45) is 0 Å². The highest BCUT2D eigenvalue weighted by atomic mass is 16.5. The van der Waals surface area contributed by atoms with Crippen molar-refractivity contribution in [1.82, 2.24) is 0 Å². The number of terminal acetylenes is 1. The minimum absolute atomic E-state index is 0.0195. The monoisotopic (exact) mass is 224 g/mol. The fraction of sp³-hybridized carbons (Fsp3) is 0.333. The second-order valence-corrected chi connectivity index (χ2v) is 2.83. The standard InChI is InChI=1S/C7H8O2.C5H8O2/c1-4-5-9-7(8)6(2)3;1-4(2)5(6)7-3/h1H,2,5H2,3H3;1H2,2-3H3. The Bertz CT molecular complexity index is 320. The largest absolute Gasteiger partial charge is 0.466 e. The molecule has 0 spiro atoms. The SMILES string of the molecule is C#CCOC(=O)C(=C)C.C=C(C)C(=O)OC. The molecule has 0 saturated carbocycles. The average Bonchev–Trinajstić information content (AvgIpc) is 2.25. The zero-order chi connectivity index (χ0) is 13.1. The fourth-order valence-corrected chi connectivity index (χ4v) is 0.405. The van der Waals surface area contributed by atoms with Gasteiger partial charge in [0.05, 0.1) is 7.11 Å². The Labute approximate surface area is 95.9 Å². The molecule has 0 aromatic carbocycles. The van der Waals surface area contributed by atoms with Gasteiger partial charge in [0.25, 0.3) is 0 Å². The maximum atomic E-state index is 10.5. The molecule has 0 N–H and O–H groups in total. The number of ether oxygens (including phenoxy) is 2. The van der Waals surface area contributed by atoms with Crippen molar-refractivity contribution in [2.75, 3.05) is 13.7 Å². The molecule has 0 bridgehead atoms. The van der Waals surface area contributed by atoms with Crippen molar-refractivity contribution in [3.63, 3.8) is 0 Å². The van der Waals surface area contributed by atoms with Crippen LogP contribution < -0.4 is 0 Å². The molecule has 0 aliphatic carbocycles. The maximum Gasteiger partial charge on any atom is 0.334 e. The second kappa shape index (κ2) is 9.53. The summed E-state index contributed by atoms with van der Waals surface area (Å²) in [4.78, 5) is 20.7. The van der Waals surface area contributed by atoms with E-state index in [1.165, 1.54) is 7.11 Å². The predicted octanol–water partition coefficient (Wildman–Crippen LogP) is 1.47. The summed E-state index contributed by atoms with van der Waals surface area (Å²) in [5.74, 6) is 1.39. The Morgan fingerprint density at radius 2 is 1.62 bits per heavy atom. The molecule has 0 aromatic rings. The number of esters is 2. The first-order chi connectivity index (χ1) is 7.36. The lowest BCUT2D eigenvalue weighted by molar-refractivity contribution is -0.137. The smallest absolute Gasteiger partial charge is 0.334 e. The minimum atomic E-state index is -0.437. The molecule has 0 aliphatic rings. The van der Waals surface area contributed by atoms with Crippen LogP contribution in [-0.2, 0) is 19.1 Å². The van der Waals surface area contributed by atoms with Crippen LogP contribution in [-0.4, -0.2) is 25.7 Å². The molecule has 0 aliphatic heterocycles. The summed E-state index contributed by atoms with van der Waals surface area (Å²) in [5, 5.41) is 0. The molecule has 16 heavy (non-hydrogen) atoms. The van der Waals surface area contributed by atoms with E-state index in [1.54, 1.807) is 13.8 Å². The summed E-state index contributed by atoms with van der Waals surface area (Å²) in [6, 6.07) is 0. The molecule has 0 amide bonds. The highest BCUT2D eigenvalue weighted by Gasteiger charge is 1.99. The van der Waals surface area contributed by atoms with Gasteiger partial charge in [-0.1, -0.05) is 19.1 Å². The van der Waals surface area contributed by atoms with Gasteiger partial charge in [0, 0.05) is 11.1 Å². The van der Waals surface area contributed by atoms with Crippen LogP contribution in [0.15, 0.2) is 24.3 Å². The zero-order valence-corrected chi connectivity index (χ0v) is 9.83. The van der Waals surface area contributed by atoms with Crippen LogP contribution >= 0.6 is 0 Å². The molecule has 0 atom stereocenters. The van der Waals surface area contributed by atoms with Crippen molar-refractivity contribution in [3.8, 4) is 12.3 Å². The lowest BCUT2D eigenvalue weighted by Gasteiger charge is -1.96. The first-order valence-electron chi connectivity index (χ1n) is 4.36. The molecular weight excluding hydrogens is 208 g/mol. The van der Waals surface area contributed by atoms with Crippen LogP contribution in [0.5, 0.6) is 0 Å². The van der Waals surface area contributed by atoms with E-state index in [1.807, 2.05) is 0 Å². The highest BCUT2D eigenvalue weighted by Crippen LogP contribution is 1.89. The molecule has 0 rings (SSSR count). The third-order valence-electron chi connectivity index (χ3n) is 1.17. The van der Waals surface area contributed by atoms with E-state index >= 15 is 0 Å². The van der Waals surface area contributed by atoms with E-state index < -0.39 is 5.97 Å². The molecule has 0 fully saturated rings. The quantitative estimate of drug-likeness (QED) is 0.414. The number of methoxy groups -OCH3 is 1. The molecule has 4 nitrogen and oxygen atoms in total. The van der Waals surface area contributed by atoms with Crippen molar-refractivity contribution in [2.45, 2.75) is 13.8 Å². The topological polar surface area (TPSA) is 52.6 Å². The number of rotatable bonds is 3. The van der Waals surface area contributed by atoms with Crippen molar-refractivity contribution < 1.29 is 19.1 Å². The van der Waals surface area contributed by atoms with Gasteiger partial charge in [-0.3, -0.25) is 0 Å². The average molecular weight is 224 g/mol. The number of hydrogen-bond donors (Lipinski definition) is 0. The normalized spacial score (nSPS) is 7.62. The second-order valence-electron chi connectivity index (χ2n) is 2.83. The van der Waals surface area contributed by atoms with Crippen LogP contribution in [0, 0.1) is 12.3 Å². The van der Waals surface area contributed by atoms with Gasteiger partial charge in [-0.2, -0.15) is 0 Å². The fourth-order valence-electron chi connectivity index (χ4n) is 0.405. The molecule has 0 unspecified atom stereocenters. The van der Waals surface area contributed by atoms with Gasteiger partial charge in [0.2, 0.25) is 0 Å². The van der Waals surface area contributed by atoms with Gasteiger partial charge in [-0.15, -0.1) is 6.42 Å². The first kappa shape index (κ1) is 16.4. The summed E-state index contributed by atoms with van der Waals surface area (Å²) in [7, 11) is 1.33. The number of carbonyl (C=O) groups is 2.